The maximum Gasteiger partial charge on any atom is 0.0787 e. The lowest BCUT2D eigenvalue weighted by Crippen LogP contribution is -2.37. The SMILES string of the molecule is C[C](/C=C/c1ccc([Si](C)(C)C)cc1)N=[N+]=[N-]. The molecule has 1 rings (SSSR count). The van der Waals surface area contributed by atoms with E-state index < -0.39 is 8.07 Å². The molecule has 3 nitrogen and oxygen atoms in total. The Morgan fingerprint density at radius 1 is 1.24 bits per heavy atom. The van der Waals surface area contributed by atoms with Crippen molar-refractivity contribution in [3.05, 3.63) is 52.4 Å². The number of rotatable bonds is 4. The molecule has 1 aromatic carbocycles. The largest absolute Gasteiger partial charge is 0.0824 e. The molecule has 4 heteroatoms. The summed E-state index contributed by atoms with van der Waals surface area (Å²) in [6, 6.07) is 9.26. The summed E-state index contributed by atoms with van der Waals surface area (Å²) in [4.78, 5) is 2.74. The zero-order valence-electron chi connectivity index (χ0n) is 10.8. The normalized spacial score (nSPS) is 11.8. The second-order valence-electron chi connectivity index (χ2n) is 5.04. The molecule has 89 valence electrons. The van der Waals surface area contributed by atoms with Crippen LogP contribution in [0.25, 0.3) is 16.5 Å². The fourth-order valence-electron chi connectivity index (χ4n) is 1.41. The number of nitrogens with zero attached hydrogens (tertiary/aromatic N) is 3. The van der Waals surface area contributed by atoms with E-state index >= 15 is 0 Å². The van der Waals surface area contributed by atoms with E-state index in [0.29, 0.717) is 6.04 Å². The minimum atomic E-state index is -1.21. The molecule has 0 saturated carbocycles. The average molecular weight is 244 g/mol. The minimum absolute atomic E-state index is 0.668. The first-order chi connectivity index (χ1) is 7.93. The van der Waals surface area contributed by atoms with Crippen LogP contribution in [-0.4, -0.2) is 8.07 Å². The first kappa shape index (κ1) is 13.6. The van der Waals surface area contributed by atoms with Crippen molar-refractivity contribution in [2.24, 2.45) is 5.11 Å². The second-order valence-corrected chi connectivity index (χ2v) is 10.1. The van der Waals surface area contributed by atoms with E-state index in [4.69, 9.17) is 5.53 Å². The lowest BCUT2D eigenvalue weighted by molar-refractivity contribution is 1.12. The molecule has 0 saturated heterocycles. The predicted molar refractivity (Wildman–Crippen MR) is 76.5 cm³/mol. The monoisotopic (exact) mass is 244 g/mol. The summed E-state index contributed by atoms with van der Waals surface area (Å²) in [5.74, 6) is 0. The van der Waals surface area contributed by atoms with Crippen molar-refractivity contribution in [2.75, 3.05) is 0 Å². The Morgan fingerprint density at radius 2 is 1.82 bits per heavy atom. The molecule has 0 spiro atoms. The van der Waals surface area contributed by atoms with Gasteiger partial charge in [-0.25, -0.2) is 0 Å². The molecule has 0 atom stereocenters. The number of azide groups is 1. The fraction of sp³-hybridized carbons (Fsp3) is 0.308. The standard InChI is InChI=1S/C13H18N3Si/c1-11(15-16-14)5-6-12-7-9-13(10-8-12)17(2,3)4/h5-10H,1-4H3/b6-5+. The van der Waals surface area contributed by atoms with Crippen molar-refractivity contribution in [2.45, 2.75) is 26.6 Å². The summed E-state index contributed by atoms with van der Waals surface area (Å²) in [5.41, 5.74) is 9.39. The van der Waals surface area contributed by atoms with Crippen LogP contribution in [0.2, 0.25) is 19.6 Å². The Morgan fingerprint density at radius 3 is 2.29 bits per heavy atom. The van der Waals surface area contributed by atoms with Gasteiger partial charge in [-0.05, 0) is 18.0 Å². The third kappa shape index (κ3) is 4.47. The molecule has 0 amide bonds. The van der Waals surface area contributed by atoms with Crippen LogP contribution in [0.4, 0.5) is 0 Å². The molecule has 0 N–H and O–H groups in total. The van der Waals surface area contributed by atoms with Crippen molar-refractivity contribution in [1.29, 1.82) is 0 Å². The second kappa shape index (κ2) is 5.71. The smallest absolute Gasteiger partial charge is 0.0787 e. The molecule has 0 heterocycles. The average Bonchev–Trinajstić information content (AvgIpc) is 2.26. The van der Waals surface area contributed by atoms with E-state index in [1.807, 2.05) is 12.2 Å². The maximum absolute atomic E-state index is 8.27. The molecule has 0 aliphatic carbocycles. The summed E-state index contributed by atoms with van der Waals surface area (Å²) in [7, 11) is -1.21. The Labute approximate surface area is 104 Å². The zero-order valence-corrected chi connectivity index (χ0v) is 11.8. The van der Waals surface area contributed by atoms with Gasteiger partial charge in [0.25, 0.3) is 0 Å². The van der Waals surface area contributed by atoms with Crippen molar-refractivity contribution >= 4 is 19.3 Å². The Hall–Kier alpha value is -1.51. The number of hydrogen-bond donors (Lipinski definition) is 0. The predicted octanol–water partition coefficient (Wildman–Crippen LogP) is 4.11. The molecule has 0 fully saturated rings. The van der Waals surface area contributed by atoms with Crippen molar-refractivity contribution < 1.29 is 0 Å². The summed E-state index contributed by atoms with van der Waals surface area (Å²) >= 11 is 0. The molecule has 0 aliphatic rings. The van der Waals surface area contributed by atoms with E-state index in [0.717, 1.165) is 5.56 Å². The third-order valence-corrected chi connectivity index (χ3v) is 4.56. The summed E-state index contributed by atoms with van der Waals surface area (Å²) in [6.07, 6.45) is 3.78. The van der Waals surface area contributed by atoms with Crippen molar-refractivity contribution in [3.63, 3.8) is 0 Å². The molecular weight excluding hydrogens is 226 g/mol. The van der Waals surface area contributed by atoms with Gasteiger partial charge in [-0.1, -0.05) is 66.4 Å². The van der Waals surface area contributed by atoms with Crippen LogP contribution in [0, 0.1) is 6.04 Å². The third-order valence-electron chi connectivity index (χ3n) is 2.50. The van der Waals surface area contributed by atoms with Gasteiger partial charge in [-0.15, -0.1) is 0 Å². The maximum atomic E-state index is 8.27. The first-order valence-electron chi connectivity index (χ1n) is 5.61. The Kier molecular flexibility index (Phi) is 4.55. The summed E-state index contributed by atoms with van der Waals surface area (Å²) in [6.45, 7) is 8.78. The number of hydrogen-bond acceptors (Lipinski definition) is 1. The lowest BCUT2D eigenvalue weighted by atomic mass is 10.2. The van der Waals surface area contributed by atoms with Crippen LogP contribution in [0.1, 0.15) is 12.5 Å². The van der Waals surface area contributed by atoms with Gasteiger partial charge in [0, 0.05) is 4.91 Å². The van der Waals surface area contributed by atoms with E-state index in [-0.39, 0.29) is 0 Å². The molecule has 1 aromatic rings. The van der Waals surface area contributed by atoms with Gasteiger partial charge in [0.1, 0.15) is 0 Å². The quantitative estimate of drug-likeness (QED) is 0.331. The molecule has 1 radical (unpaired) electrons. The van der Waals surface area contributed by atoms with Gasteiger partial charge in [0.2, 0.25) is 0 Å². The number of benzene rings is 1. The highest BCUT2D eigenvalue weighted by molar-refractivity contribution is 6.88. The highest BCUT2D eigenvalue weighted by Crippen LogP contribution is 2.09. The zero-order chi connectivity index (χ0) is 12.9. The van der Waals surface area contributed by atoms with Crippen LogP contribution in [-0.2, 0) is 0 Å². The van der Waals surface area contributed by atoms with Crippen LogP contribution in [0.3, 0.4) is 0 Å². The molecular formula is C13H18N3Si. The van der Waals surface area contributed by atoms with Gasteiger partial charge < -0.3 is 0 Å². The van der Waals surface area contributed by atoms with Crippen molar-refractivity contribution in [1.82, 2.24) is 0 Å². The van der Waals surface area contributed by atoms with Gasteiger partial charge in [-0.3, -0.25) is 0 Å². The molecule has 0 aromatic heterocycles. The highest BCUT2D eigenvalue weighted by Gasteiger charge is 2.15. The van der Waals surface area contributed by atoms with Crippen LogP contribution < -0.4 is 5.19 Å². The van der Waals surface area contributed by atoms with E-state index in [1.54, 1.807) is 6.92 Å². The van der Waals surface area contributed by atoms with E-state index in [1.165, 1.54) is 5.19 Å². The Bertz CT molecular complexity index is 437. The first-order valence-corrected chi connectivity index (χ1v) is 9.11. The molecule has 0 bridgehead atoms. The highest BCUT2D eigenvalue weighted by atomic mass is 28.3. The van der Waals surface area contributed by atoms with Gasteiger partial charge in [0.05, 0.1) is 14.1 Å². The Balaban J connectivity index is 2.79. The molecule has 0 aliphatic heterocycles. The summed E-state index contributed by atoms with van der Waals surface area (Å²) in [5, 5.41) is 4.96. The van der Waals surface area contributed by atoms with Gasteiger partial charge in [-0.2, -0.15) is 0 Å². The van der Waals surface area contributed by atoms with Crippen molar-refractivity contribution in [3.8, 4) is 0 Å². The molecule has 17 heavy (non-hydrogen) atoms. The van der Waals surface area contributed by atoms with Crippen LogP contribution in [0.5, 0.6) is 0 Å². The van der Waals surface area contributed by atoms with Crippen LogP contribution in [0.15, 0.2) is 35.5 Å². The van der Waals surface area contributed by atoms with E-state index in [9.17, 15) is 0 Å². The van der Waals surface area contributed by atoms with Gasteiger partial charge >= 0.3 is 0 Å². The van der Waals surface area contributed by atoms with Crippen LogP contribution >= 0.6 is 0 Å². The van der Waals surface area contributed by atoms with Gasteiger partial charge in [0.15, 0.2) is 0 Å². The summed E-state index contributed by atoms with van der Waals surface area (Å²) < 4.78 is 0. The lowest BCUT2D eigenvalue weighted by Gasteiger charge is -2.16. The van der Waals surface area contributed by atoms with E-state index in [2.05, 4.69) is 53.9 Å². The topological polar surface area (TPSA) is 48.8 Å². The fourth-order valence-corrected chi connectivity index (χ4v) is 2.58. The molecule has 0 unspecified atom stereocenters. The minimum Gasteiger partial charge on any atom is -0.0824 e.